The molecule has 2 atom stereocenters. The number of aliphatic carboxylic acids is 1. The van der Waals surface area contributed by atoms with Gasteiger partial charge in [-0.25, -0.2) is 13.4 Å². The molecule has 218 valence electrons. The molecule has 1 aromatic carbocycles. The first kappa shape index (κ1) is 27.0. The smallest absolute Gasteiger partial charge is 0.304 e. The van der Waals surface area contributed by atoms with Crippen molar-refractivity contribution in [1.29, 1.82) is 0 Å². The average molecular weight is 587 g/mol. The maximum absolute atomic E-state index is 13.9. The van der Waals surface area contributed by atoms with Gasteiger partial charge in [0.1, 0.15) is 16.5 Å². The summed E-state index contributed by atoms with van der Waals surface area (Å²) in [6.07, 6.45) is 7.65. The number of hydrogen-bond acceptors (Lipinski definition) is 7. The van der Waals surface area contributed by atoms with Crippen molar-refractivity contribution in [3.63, 3.8) is 0 Å². The second-order valence-corrected chi connectivity index (χ2v) is 13.8. The quantitative estimate of drug-likeness (QED) is 0.338. The number of hydrogen-bond donors (Lipinski definition) is 1. The van der Waals surface area contributed by atoms with E-state index >= 15 is 0 Å². The van der Waals surface area contributed by atoms with Crippen LogP contribution in [0, 0.1) is 13.8 Å². The summed E-state index contributed by atoms with van der Waals surface area (Å²) in [4.78, 5) is 19.0. The van der Waals surface area contributed by atoms with Crippen molar-refractivity contribution < 1.29 is 18.3 Å². The van der Waals surface area contributed by atoms with E-state index in [1.165, 1.54) is 0 Å². The number of carboxylic acids is 1. The number of anilines is 1. The number of rotatable bonds is 7. The minimum Gasteiger partial charge on any atom is -0.481 e. The molecule has 4 aromatic rings. The van der Waals surface area contributed by atoms with Crippen LogP contribution in [0.3, 0.4) is 0 Å². The average Bonchev–Trinajstić information content (AvgIpc) is 3.56. The molecule has 10 nitrogen and oxygen atoms in total. The molecule has 1 saturated heterocycles. The van der Waals surface area contributed by atoms with Crippen LogP contribution in [0.15, 0.2) is 53.7 Å². The Bertz CT molecular complexity index is 1820. The highest BCUT2D eigenvalue weighted by Crippen LogP contribution is 2.41. The van der Waals surface area contributed by atoms with Gasteiger partial charge in [-0.3, -0.25) is 9.20 Å². The maximum Gasteiger partial charge on any atom is 0.304 e. The van der Waals surface area contributed by atoms with E-state index in [9.17, 15) is 18.3 Å². The molecule has 0 unspecified atom stereocenters. The normalized spacial score (nSPS) is 20.7. The number of carboxylic acid groups (broad SMARTS) is 1. The fourth-order valence-electron chi connectivity index (χ4n) is 6.69. The van der Waals surface area contributed by atoms with Crippen molar-refractivity contribution in [3.8, 4) is 0 Å². The standard InChI is InChI=1S/C31H34N6O4S/c1-19-7-8-22(26(16-28(38)39)25-11-14-37-29(20(25)2)33-34-30(37)21-9-10-21)15-23(19)17-35-18-24-5-4-13-36(24)31-27(42(35,40)41)6-3-12-32-31/h3,6-8,11-12,14-15,21,24,26H,4-5,9-10,13,16-18H2,1-2H3,(H,38,39)/t24-,26+/m1/s1. The summed E-state index contributed by atoms with van der Waals surface area (Å²) in [5.41, 5.74) is 5.20. The Hall–Kier alpha value is -3.83. The molecule has 2 fully saturated rings. The van der Waals surface area contributed by atoms with Crippen LogP contribution in [0.4, 0.5) is 5.82 Å². The molecular weight excluding hydrogens is 552 g/mol. The molecule has 7 rings (SSSR count). The SMILES string of the molecule is Cc1ccc([C@H](CC(=O)O)c2ccn3c(C4CC4)nnc3c2C)cc1CN1C[C@H]2CCCN2c2ncccc2S1(=O)=O. The third-order valence-corrected chi connectivity index (χ3v) is 11.0. The fourth-order valence-corrected chi connectivity index (χ4v) is 8.30. The summed E-state index contributed by atoms with van der Waals surface area (Å²) in [7, 11) is -3.79. The number of aromatic nitrogens is 4. The van der Waals surface area contributed by atoms with Crippen LogP contribution < -0.4 is 4.90 Å². The van der Waals surface area contributed by atoms with Gasteiger partial charge in [0, 0.05) is 49.9 Å². The van der Waals surface area contributed by atoms with E-state index in [1.807, 2.05) is 48.7 Å². The van der Waals surface area contributed by atoms with Gasteiger partial charge in [-0.05, 0) is 85.5 Å². The molecule has 5 heterocycles. The Morgan fingerprint density at radius 2 is 1.95 bits per heavy atom. The lowest BCUT2D eigenvalue weighted by atomic mass is 9.85. The van der Waals surface area contributed by atoms with Crippen molar-refractivity contribution in [1.82, 2.24) is 23.9 Å². The van der Waals surface area contributed by atoms with Crippen LogP contribution in [0.1, 0.15) is 77.6 Å². The summed E-state index contributed by atoms with van der Waals surface area (Å²) >= 11 is 0. The van der Waals surface area contributed by atoms with Gasteiger partial charge < -0.3 is 10.0 Å². The Kier molecular flexibility index (Phi) is 6.54. The van der Waals surface area contributed by atoms with Gasteiger partial charge in [0.05, 0.1) is 6.42 Å². The van der Waals surface area contributed by atoms with Gasteiger partial charge in [0.25, 0.3) is 0 Å². The molecule has 3 aromatic heterocycles. The van der Waals surface area contributed by atoms with Gasteiger partial charge in [-0.1, -0.05) is 18.2 Å². The van der Waals surface area contributed by atoms with Crippen LogP contribution in [-0.4, -0.2) is 62.5 Å². The third-order valence-electron chi connectivity index (χ3n) is 9.14. The van der Waals surface area contributed by atoms with E-state index in [-0.39, 0.29) is 23.9 Å². The zero-order valence-corrected chi connectivity index (χ0v) is 24.6. The number of carbonyl (C=O) groups is 1. The first-order chi connectivity index (χ1) is 20.2. The maximum atomic E-state index is 13.9. The first-order valence-electron chi connectivity index (χ1n) is 14.6. The first-order valence-corrected chi connectivity index (χ1v) is 16.0. The zero-order valence-electron chi connectivity index (χ0n) is 23.8. The highest BCUT2D eigenvalue weighted by Gasteiger charge is 2.40. The van der Waals surface area contributed by atoms with E-state index < -0.39 is 21.9 Å². The van der Waals surface area contributed by atoms with Gasteiger partial charge in [0.15, 0.2) is 5.65 Å². The monoisotopic (exact) mass is 586 g/mol. The van der Waals surface area contributed by atoms with E-state index in [0.29, 0.717) is 18.3 Å². The number of benzene rings is 1. The summed E-state index contributed by atoms with van der Waals surface area (Å²) in [5.74, 6) is 0.613. The Balaban J connectivity index is 1.27. The molecule has 0 spiro atoms. The second kappa shape index (κ2) is 10.2. The summed E-state index contributed by atoms with van der Waals surface area (Å²) in [6.45, 7) is 5.32. The van der Waals surface area contributed by atoms with Crippen molar-refractivity contribution in [2.24, 2.45) is 0 Å². The predicted octanol–water partition coefficient (Wildman–Crippen LogP) is 4.40. The molecule has 3 aliphatic rings. The van der Waals surface area contributed by atoms with Gasteiger partial charge in [0.2, 0.25) is 10.0 Å². The molecule has 11 heteroatoms. The van der Waals surface area contributed by atoms with Crippen molar-refractivity contribution >= 4 is 27.5 Å². The van der Waals surface area contributed by atoms with Gasteiger partial charge in [-0.2, -0.15) is 4.31 Å². The number of fused-ring (bicyclic) bond motifs is 4. The van der Waals surface area contributed by atoms with Crippen molar-refractivity contribution in [3.05, 3.63) is 82.4 Å². The number of nitrogens with zero attached hydrogens (tertiary/aromatic N) is 6. The number of sulfonamides is 1. The second-order valence-electron chi connectivity index (χ2n) is 11.9. The minimum absolute atomic E-state index is 0.0669. The van der Waals surface area contributed by atoms with Crippen LogP contribution in [0.25, 0.3) is 5.65 Å². The molecule has 2 aliphatic heterocycles. The molecule has 0 bridgehead atoms. The summed E-state index contributed by atoms with van der Waals surface area (Å²) in [6, 6.07) is 11.3. The molecule has 0 amide bonds. The van der Waals surface area contributed by atoms with Crippen LogP contribution >= 0.6 is 0 Å². The summed E-state index contributed by atoms with van der Waals surface area (Å²) in [5, 5.41) is 18.8. The van der Waals surface area contributed by atoms with Crippen molar-refractivity contribution in [2.45, 2.75) is 75.3 Å². The topological polar surface area (TPSA) is 121 Å². The zero-order chi connectivity index (χ0) is 29.2. The van der Waals surface area contributed by atoms with Gasteiger partial charge >= 0.3 is 5.97 Å². The lowest BCUT2D eigenvalue weighted by Crippen LogP contribution is -2.39. The molecule has 42 heavy (non-hydrogen) atoms. The molecule has 1 saturated carbocycles. The Morgan fingerprint density at radius 3 is 2.74 bits per heavy atom. The van der Waals surface area contributed by atoms with Gasteiger partial charge in [-0.15, -0.1) is 10.2 Å². The highest BCUT2D eigenvalue weighted by atomic mass is 32.2. The minimum atomic E-state index is -3.79. The molecular formula is C31H34N6O4S. The van der Waals surface area contributed by atoms with E-state index in [2.05, 4.69) is 20.1 Å². The number of pyridine rings is 2. The lowest BCUT2D eigenvalue weighted by molar-refractivity contribution is -0.137. The van der Waals surface area contributed by atoms with Crippen molar-refractivity contribution in [2.75, 3.05) is 18.0 Å². The highest BCUT2D eigenvalue weighted by molar-refractivity contribution is 7.89. The van der Waals surface area contributed by atoms with Crippen LogP contribution in [0.2, 0.25) is 0 Å². The summed E-state index contributed by atoms with van der Waals surface area (Å²) < 4.78 is 31.5. The molecule has 1 aliphatic carbocycles. The Labute approximate surface area is 245 Å². The predicted molar refractivity (Wildman–Crippen MR) is 157 cm³/mol. The van der Waals surface area contributed by atoms with E-state index in [1.54, 1.807) is 22.6 Å². The van der Waals surface area contributed by atoms with Crippen LogP contribution in [0.5, 0.6) is 0 Å². The number of aryl methyl sites for hydroxylation is 2. The molecule has 1 N–H and O–H groups in total. The van der Waals surface area contributed by atoms with E-state index in [0.717, 1.165) is 71.5 Å². The Morgan fingerprint density at radius 1 is 1.12 bits per heavy atom. The lowest BCUT2D eigenvalue weighted by Gasteiger charge is -2.26. The van der Waals surface area contributed by atoms with Crippen LogP contribution in [-0.2, 0) is 21.4 Å². The fraction of sp³-hybridized carbons (Fsp3) is 0.419. The largest absolute Gasteiger partial charge is 0.481 e. The molecule has 0 radical (unpaired) electrons. The third kappa shape index (κ3) is 4.55. The van der Waals surface area contributed by atoms with E-state index in [4.69, 9.17) is 0 Å².